The van der Waals surface area contributed by atoms with E-state index in [0.717, 1.165) is 6.07 Å². The Labute approximate surface area is 127 Å². The second-order valence-electron chi connectivity index (χ2n) is 4.53. The van der Waals surface area contributed by atoms with Crippen LogP contribution >= 0.6 is 11.6 Å². The van der Waals surface area contributed by atoms with Gasteiger partial charge in [-0.05, 0) is 36.8 Å². The number of pyridine rings is 1. The Kier molecular flexibility index (Phi) is 4.27. The summed E-state index contributed by atoms with van der Waals surface area (Å²) in [6, 6.07) is 6.23. The van der Waals surface area contributed by atoms with Crippen LogP contribution in [0.1, 0.15) is 21.6 Å². The zero-order valence-electron chi connectivity index (χ0n) is 11.2. The lowest BCUT2D eigenvalue weighted by molar-refractivity contribution is -0.141. The van der Waals surface area contributed by atoms with Crippen LogP contribution in [0.4, 0.5) is 18.9 Å². The maximum atomic E-state index is 12.5. The maximum Gasteiger partial charge on any atom is 0.431 e. The van der Waals surface area contributed by atoms with E-state index in [9.17, 15) is 22.8 Å². The number of rotatable bonds is 2. The van der Waals surface area contributed by atoms with Crippen LogP contribution in [0.25, 0.3) is 0 Å². The number of H-pyrrole nitrogens is 1. The predicted octanol–water partition coefficient (Wildman–Crippen LogP) is 3.61. The van der Waals surface area contributed by atoms with Crippen molar-refractivity contribution in [3.8, 4) is 0 Å². The molecule has 0 aliphatic rings. The number of carbonyl (C=O) groups excluding carboxylic acids is 1. The van der Waals surface area contributed by atoms with Crippen molar-refractivity contribution in [3.05, 3.63) is 62.5 Å². The summed E-state index contributed by atoms with van der Waals surface area (Å²) in [7, 11) is 0. The van der Waals surface area contributed by atoms with Crippen LogP contribution in [-0.2, 0) is 6.18 Å². The Balaban J connectivity index is 2.31. The Hall–Kier alpha value is -2.28. The van der Waals surface area contributed by atoms with Crippen LogP contribution in [0.15, 0.2) is 35.1 Å². The van der Waals surface area contributed by atoms with Crippen LogP contribution in [0, 0.1) is 6.92 Å². The van der Waals surface area contributed by atoms with Gasteiger partial charge in [-0.2, -0.15) is 13.2 Å². The molecule has 1 aromatic heterocycles. The molecule has 0 spiro atoms. The molecule has 116 valence electrons. The second kappa shape index (κ2) is 5.84. The van der Waals surface area contributed by atoms with Gasteiger partial charge in [0.25, 0.3) is 11.5 Å². The summed E-state index contributed by atoms with van der Waals surface area (Å²) < 4.78 is 37.4. The summed E-state index contributed by atoms with van der Waals surface area (Å²) in [5.74, 6) is -0.819. The SMILES string of the molecule is Cc1ccc(Cl)cc1NC(=O)c1ccc(C(F)(F)F)[nH]c1=O. The summed E-state index contributed by atoms with van der Waals surface area (Å²) in [6.07, 6.45) is -4.68. The summed E-state index contributed by atoms with van der Waals surface area (Å²) in [4.78, 5) is 25.3. The Bertz CT molecular complexity index is 784. The molecule has 1 amide bonds. The number of carbonyl (C=O) groups is 1. The fraction of sp³-hybridized carbons (Fsp3) is 0.143. The molecule has 0 radical (unpaired) electrons. The minimum atomic E-state index is -4.68. The Morgan fingerprint density at radius 2 is 1.91 bits per heavy atom. The number of alkyl halides is 3. The van der Waals surface area contributed by atoms with E-state index in [0.29, 0.717) is 22.3 Å². The molecule has 2 N–H and O–H groups in total. The van der Waals surface area contributed by atoms with E-state index in [2.05, 4.69) is 5.32 Å². The zero-order valence-corrected chi connectivity index (χ0v) is 12.0. The first-order chi connectivity index (χ1) is 10.2. The number of halogens is 4. The molecule has 4 nitrogen and oxygen atoms in total. The van der Waals surface area contributed by atoms with Crippen LogP contribution in [0.3, 0.4) is 0 Å². The Morgan fingerprint density at radius 3 is 2.50 bits per heavy atom. The van der Waals surface area contributed by atoms with Crippen molar-refractivity contribution in [3.63, 3.8) is 0 Å². The number of anilines is 1. The predicted molar refractivity (Wildman–Crippen MR) is 76.2 cm³/mol. The lowest BCUT2D eigenvalue weighted by atomic mass is 10.2. The third kappa shape index (κ3) is 3.48. The van der Waals surface area contributed by atoms with Gasteiger partial charge in [0.1, 0.15) is 11.3 Å². The molecule has 0 atom stereocenters. The minimum Gasteiger partial charge on any atom is -0.322 e. The number of aromatic nitrogens is 1. The topological polar surface area (TPSA) is 62.0 Å². The summed E-state index contributed by atoms with van der Waals surface area (Å²) in [5.41, 5.74) is -1.69. The van der Waals surface area contributed by atoms with E-state index in [1.807, 2.05) is 0 Å². The van der Waals surface area contributed by atoms with Gasteiger partial charge in [0.15, 0.2) is 0 Å². The highest BCUT2D eigenvalue weighted by molar-refractivity contribution is 6.31. The first kappa shape index (κ1) is 16.1. The fourth-order valence-electron chi connectivity index (χ4n) is 1.74. The van der Waals surface area contributed by atoms with Crippen molar-refractivity contribution < 1.29 is 18.0 Å². The monoisotopic (exact) mass is 330 g/mol. The largest absolute Gasteiger partial charge is 0.431 e. The van der Waals surface area contributed by atoms with Crippen molar-refractivity contribution >= 4 is 23.2 Å². The van der Waals surface area contributed by atoms with Gasteiger partial charge < -0.3 is 10.3 Å². The number of benzene rings is 1. The highest BCUT2D eigenvalue weighted by Gasteiger charge is 2.32. The molecule has 2 rings (SSSR count). The highest BCUT2D eigenvalue weighted by atomic mass is 35.5. The molecule has 22 heavy (non-hydrogen) atoms. The van der Waals surface area contributed by atoms with Gasteiger partial charge in [-0.25, -0.2) is 0 Å². The summed E-state index contributed by atoms with van der Waals surface area (Å²) in [6.45, 7) is 1.71. The van der Waals surface area contributed by atoms with Gasteiger partial charge in [-0.1, -0.05) is 17.7 Å². The molecule has 8 heteroatoms. The number of hydrogen-bond acceptors (Lipinski definition) is 2. The highest BCUT2D eigenvalue weighted by Crippen LogP contribution is 2.26. The lowest BCUT2D eigenvalue weighted by Gasteiger charge is -2.10. The molecule has 2 aromatic rings. The van der Waals surface area contributed by atoms with Crippen molar-refractivity contribution in [1.82, 2.24) is 4.98 Å². The van der Waals surface area contributed by atoms with Crippen LogP contribution in [0.2, 0.25) is 5.02 Å². The van der Waals surface area contributed by atoms with Gasteiger partial charge in [0.05, 0.1) is 0 Å². The molecule has 1 heterocycles. The number of amides is 1. The normalized spacial score (nSPS) is 11.3. The molecule has 1 aromatic carbocycles. The van der Waals surface area contributed by atoms with Crippen LogP contribution in [0.5, 0.6) is 0 Å². The number of aromatic amines is 1. The first-order valence-corrected chi connectivity index (χ1v) is 6.44. The van der Waals surface area contributed by atoms with E-state index in [-0.39, 0.29) is 0 Å². The smallest absolute Gasteiger partial charge is 0.322 e. The molecular formula is C14H10ClF3N2O2. The van der Waals surface area contributed by atoms with E-state index < -0.39 is 28.9 Å². The van der Waals surface area contributed by atoms with Gasteiger partial charge in [0.2, 0.25) is 0 Å². The third-order valence-electron chi connectivity index (χ3n) is 2.91. The summed E-state index contributed by atoms with van der Waals surface area (Å²) >= 11 is 5.80. The Morgan fingerprint density at radius 1 is 1.23 bits per heavy atom. The maximum absolute atomic E-state index is 12.5. The number of hydrogen-bond donors (Lipinski definition) is 2. The fourth-order valence-corrected chi connectivity index (χ4v) is 1.91. The lowest BCUT2D eigenvalue weighted by Crippen LogP contribution is -2.25. The molecule has 0 unspecified atom stereocenters. The van der Waals surface area contributed by atoms with Gasteiger partial charge in [0, 0.05) is 10.7 Å². The second-order valence-corrected chi connectivity index (χ2v) is 4.96. The van der Waals surface area contributed by atoms with E-state index >= 15 is 0 Å². The van der Waals surface area contributed by atoms with E-state index in [4.69, 9.17) is 11.6 Å². The van der Waals surface area contributed by atoms with Gasteiger partial charge >= 0.3 is 6.18 Å². The molecule has 0 fully saturated rings. The quantitative estimate of drug-likeness (QED) is 0.883. The molecule has 0 aliphatic heterocycles. The van der Waals surface area contributed by atoms with Crippen LogP contribution < -0.4 is 10.9 Å². The molecular weight excluding hydrogens is 321 g/mol. The molecule has 0 aliphatic carbocycles. The average molecular weight is 331 g/mol. The first-order valence-electron chi connectivity index (χ1n) is 6.06. The van der Waals surface area contributed by atoms with Gasteiger partial charge in [-0.3, -0.25) is 9.59 Å². The van der Waals surface area contributed by atoms with Crippen LogP contribution in [-0.4, -0.2) is 10.9 Å². The van der Waals surface area contributed by atoms with Crippen molar-refractivity contribution in [2.45, 2.75) is 13.1 Å². The van der Waals surface area contributed by atoms with Crippen molar-refractivity contribution in [2.24, 2.45) is 0 Å². The number of nitrogens with one attached hydrogen (secondary N) is 2. The van der Waals surface area contributed by atoms with Crippen molar-refractivity contribution in [2.75, 3.05) is 5.32 Å². The molecule has 0 saturated carbocycles. The van der Waals surface area contributed by atoms with Crippen molar-refractivity contribution in [1.29, 1.82) is 0 Å². The van der Waals surface area contributed by atoms with Gasteiger partial charge in [-0.15, -0.1) is 0 Å². The standard InChI is InChI=1S/C14H10ClF3N2O2/c1-7-2-3-8(15)6-10(7)19-12(21)9-4-5-11(14(16,17)18)20-13(9)22/h2-6H,1H3,(H,19,21)(H,20,22). The molecule has 0 saturated heterocycles. The van der Waals surface area contributed by atoms with E-state index in [1.54, 1.807) is 24.0 Å². The molecule has 0 bridgehead atoms. The summed E-state index contributed by atoms with van der Waals surface area (Å²) in [5, 5.41) is 2.82. The zero-order chi connectivity index (χ0) is 16.5. The third-order valence-corrected chi connectivity index (χ3v) is 3.14. The minimum absolute atomic E-state index is 0.372. The average Bonchev–Trinajstić information content (AvgIpc) is 2.41. The number of aryl methyl sites for hydroxylation is 1. The van der Waals surface area contributed by atoms with E-state index in [1.165, 1.54) is 6.07 Å².